The molecule has 1 aliphatic rings. The molecule has 0 bridgehead atoms. The number of amides is 1. The van der Waals surface area contributed by atoms with Crippen LogP contribution in [0, 0.1) is 6.92 Å². The zero-order chi connectivity index (χ0) is 13.2. The Labute approximate surface area is 116 Å². The van der Waals surface area contributed by atoms with Gasteiger partial charge in [-0.05, 0) is 30.4 Å². The standard InChI is InChI=1S/C14H15N3OS/c1-10-13(19-16-15-10)14(18)17-8-7-12(9-17)11-5-3-2-4-6-11/h2-6,12H,7-9H2,1H3. The van der Waals surface area contributed by atoms with Crippen LogP contribution in [0.1, 0.15) is 33.3 Å². The second kappa shape index (κ2) is 5.09. The van der Waals surface area contributed by atoms with E-state index < -0.39 is 0 Å². The van der Waals surface area contributed by atoms with Crippen LogP contribution >= 0.6 is 11.5 Å². The van der Waals surface area contributed by atoms with E-state index in [1.165, 1.54) is 17.1 Å². The molecule has 2 heterocycles. The molecule has 0 spiro atoms. The highest BCUT2D eigenvalue weighted by Gasteiger charge is 2.29. The Morgan fingerprint density at radius 3 is 2.84 bits per heavy atom. The van der Waals surface area contributed by atoms with Gasteiger partial charge in [0.05, 0.1) is 5.69 Å². The molecule has 0 saturated carbocycles. The number of benzene rings is 1. The summed E-state index contributed by atoms with van der Waals surface area (Å²) < 4.78 is 3.84. The van der Waals surface area contributed by atoms with Crippen LogP contribution in [0.15, 0.2) is 30.3 Å². The van der Waals surface area contributed by atoms with E-state index in [0.29, 0.717) is 10.8 Å². The van der Waals surface area contributed by atoms with E-state index in [-0.39, 0.29) is 5.91 Å². The normalized spacial score (nSPS) is 18.8. The second-order valence-corrected chi connectivity index (χ2v) is 5.59. The van der Waals surface area contributed by atoms with Crippen molar-refractivity contribution in [1.29, 1.82) is 0 Å². The Balaban J connectivity index is 1.73. The molecule has 1 aliphatic heterocycles. The second-order valence-electron chi connectivity index (χ2n) is 4.83. The number of hydrogen-bond acceptors (Lipinski definition) is 4. The Kier molecular flexibility index (Phi) is 3.29. The number of carbonyl (C=O) groups excluding carboxylic acids is 1. The molecular weight excluding hydrogens is 258 g/mol. The maximum atomic E-state index is 12.4. The molecule has 1 saturated heterocycles. The molecule has 1 atom stereocenters. The molecular formula is C14H15N3OS. The molecule has 3 rings (SSSR count). The fraction of sp³-hybridized carbons (Fsp3) is 0.357. The third-order valence-electron chi connectivity index (χ3n) is 3.59. The van der Waals surface area contributed by atoms with Gasteiger partial charge in [-0.15, -0.1) is 5.10 Å². The average Bonchev–Trinajstić information content (AvgIpc) is 3.08. The lowest BCUT2D eigenvalue weighted by molar-refractivity contribution is 0.0794. The SMILES string of the molecule is Cc1nnsc1C(=O)N1CCC(c2ccccc2)C1. The minimum Gasteiger partial charge on any atom is -0.337 e. The van der Waals surface area contributed by atoms with Gasteiger partial charge in [0.15, 0.2) is 0 Å². The summed E-state index contributed by atoms with van der Waals surface area (Å²) in [6.45, 7) is 3.44. The molecule has 5 heteroatoms. The largest absolute Gasteiger partial charge is 0.337 e. The van der Waals surface area contributed by atoms with E-state index in [9.17, 15) is 4.79 Å². The van der Waals surface area contributed by atoms with Gasteiger partial charge < -0.3 is 4.90 Å². The van der Waals surface area contributed by atoms with Gasteiger partial charge in [0.2, 0.25) is 0 Å². The lowest BCUT2D eigenvalue weighted by Gasteiger charge is -2.15. The van der Waals surface area contributed by atoms with Crippen LogP contribution in [-0.2, 0) is 0 Å². The number of hydrogen-bond donors (Lipinski definition) is 0. The number of aromatic nitrogens is 2. The lowest BCUT2D eigenvalue weighted by atomic mass is 9.99. The predicted molar refractivity (Wildman–Crippen MR) is 74.3 cm³/mol. The van der Waals surface area contributed by atoms with Gasteiger partial charge in [-0.1, -0.05) is 34.8 Å². The van der Waals surface area contributed by atoms with Crippen LogP contribution in [0.3, 0.4) is 0 Å². The molecule has 4 nitrogen and oxygen atoms in total. The molecule has 19 heavy (non-hydrogen) atoms. The van der Waals surface area contributed by atoms with E-state index in [1.807, 2.05) is 17.9 Å². The molecule has 1 aromatic heterocycles. The molecule has 2 aromatic rings. The first-order valence-corrected chi connectivity index (χ1v) is 7.16. The lowest BCUT2D eigenvalue weighted by Crippen LogP contribution is -2.28. The van der Waals surface area contributed by atoms with Gasteiger partial charge in [-0.3, -0.25) is 4.79 Å². The van der Waals surface area contributed by atoms with Gasteiger partial charge in [-0.2, -0.15) is 0 Å². The smallest absolute Gasteiger partial charge is 0.267 e. The quantitative estimate of drug-likeness (QED) is 0.844. The molecule has 1 amide bonds. The topological polar surface area (TPSA) is 46.1 Å². The zero-order valence-electron chi connectivity index (χ0n) is 10.7. The minimum atomic E-state index is 0.0749. The van der Waals surface area contributed by atoms with Crippen molar-refractivity contribution in [2.45, 2.75) is 19.3 Å². The Bertz CT molecular complexity index is 581. The third kappa shape index (κ3) is 2.38. The van der Waals surface area contributed by atoms with Crippen molar-refractivity contribution in [2.75, 3.05) is 13.1 Å². The van der Waals surface area contributed by atoms with Crippen LogP contribution in [0.25, 0.3) is 0 Å². The van der Waals surface area contributed by atoms with E-state index in [0.717, 1.165) is 25.2 Å². The predicted octanol–water partition coefficient (Wildman–Crippen LogP) is 2.48. The number of carbonyl (C=O) groups is 1. The fourth-order valence-corrected chi connectivity index (χ4v) is 3.14. The first-order chi connectivity index (χ1) is 9.25. The summed E-state index contributed by atoms with van der Waals surface area (Å²) in [4.78, 5) is 15.0. The average molecular weight is 273 g/mol. The minimum absolute atomic E-state index is 0.0749. The Morgan fingerprint density at radius 2 is 2.16 bits per heavy atom. The summed E-state index contributed by atoms with van der Waals surface area (Å²) in [6, 6.07) is 10.4. The number of rotatable bonds is 2. The molecule has 1 aromatic carbocycles. The fourth-order valence-electron chi connectivity index (χ4n) is 2.51. The zero-order valence-corrected chi connectivity index (χ0v) is 11.6. The number of likely N-dealkylation sites (tertiary alicyclic amines) is 1. The van der Waals surface area contributed by atoms with Gasteiger partial charge in [0.1, 0.15) is 4.88 Å². The van der Waals surface area contributed by atoms with Crippen LogP contribution < -0.4 is 0 Å². The number of nitrogens with zero attached hydrogens (tertiary/aromatic N) is 3. The molecule has 1 unspecified atom stereocenters. The molecule has 0 aliphatic carbocycles. The van der Waals surface area contributed by atoms with Gasteiger partial charge in [0.25, 0.3) is 5.91 Å². The van der Waals surface area contributed by atoms with Gasteiger partial charge in [0, 0.05) is 19.0 Å². The Hall–Kier alpha value is -1.75. The Morgan fingerprint density at radius 1 is 1.37 bits per heavy atom. The van der Waals surface area contributed by atoms with Crippen LogP contribution in [0.2, 0.25) is 0 Å². The highest BCUT2D eigenvalue weighted by Crippen LogP contribution is 2.28. The van der Waals surface area contributed by atoms with Gasteiger partial charge >= 0.3 is 0 Å². The molecule has 0 radical (unpaired) electrons. The number of aryl methyl sites for hydroxylation is 1. The first kappa shape index (κ1) is 12.3. The summed E-state index contributed by atoms with van der Waals surface area (Å²) >= 11 is 1.19. The van der Waals surface area contributed by atoms with Crippen molar-refractivity contribution in [3.05, 3.63) is 46.5 Å². The summed E-state index contributed by atoms with van der Waals surface area (Å²) in [7, 11) is 0. The summed E-state index contributed by atoms with van der Waals surface area (Å²) in [5.41, 5.74) is 2.05. The first-order valence-electron chi connectivity index (χ1n) is 6.39. The monoisotopic (exact) mass is 273 g/mol. The summed E-state index contributed by atoms with van der Waals surface area (Å²) in [6.07, 6.45) is 1.03. The van der Waals surface area contributed by atoms with Crippen LogP contribution in [-0.4, -0.2) is 33.5 Å². The van der Waals surface area contributed by atoms with Gasteiger partial charge in [-0.25, -0.2) is 0 Å². The van der Waals surface area contributed by atoms with E-state index >= 15 is 0 Å². The highest BCUT2D eigenvalue weighted by atomic mass is 32.1. The van der Waals surface area contributed by atoms with Crippen LogP contribution in [0.4, 0.5) is 0 Å². The summed E-state index contributed by atoms with van der Waals surface area (Å²) in [5, 5.41) is 3.91. The van der Waals surface area contributed by atoms with E-state index in [2.05, 4.69) is 33.9 Å². The van der Waals surface area contributed by atoms with Crippen molar-refractivity contribution >= 4 is 17.4 Å². The summed E-state index contributed by atoms with van der Waals surface area (Å²) in [5.74, 6) is 0.525. The van der Waals surface area contributed by atoms with E-state index in [4.69, 9.17) is 0 Å². The van der Waals surface area contributed by atoms with Crippen molar-refractivity contribution in [2.24, 2.45) is 0 Å². The van der Waals surface area contributed by atoms with Crippen molar-refractivity contribution < 1.29 is 4.79 Å². The maximum absolute atomic E-state index is 12.4. The molecule has 1 fully saturated rings. The van der Waals surface area contributed by atoms with Crippen molar-refractivity contribution in [1.82, 2.24) is 14.5 Å². The van der Waals surface area contributed by atoms with Crippen LogP contribution in [0.5, 0.6) is 0 Å². The molecule has 98 valence electrons. The highest BCUT2D eigenvalue weighted by molar-refractivity contribution is 7.07. The van der Waals surface area contributed by atoms with Crippen molar-refractivity contribution in [3.63, 3.8) is 0 Å². The molecule has 0 N–H and O–H groups in total. The van der Waals surface area contributed by atoms with E-state index in [1.54, 1.807) is 0 Å². The maximum Gasteiger partial charge on any atom is 0.267 e. The van der Waals surface area contributed by atoms with Crippen molar-refractivity contribution in [3.8, 4) is 0 Å². The third-order valence-corrected chi connectivity index (χ3v) is 4.41.